The number of methoxy groups -OCH3 is 1. The third-order valence-electron chi connectivity index (χ3n) is 3.18. The number of hydrogen-bond donors (Lipinski definition) is 0. The van der Waals surface area contributed by atoms with Crippen molar-refractivity contribution in [2.24, 2.45) is 0 Å². The van der Waals surface area contributed by atoms with E-state index in [1.54, 1.807) is 7.11 Å². The van der Waals surface area contributed by atoms with Gasteiger partial charge in [0.2, 0.25) is 0 Å². The standard InChI is InChI=1S/C15H11O2.ClH.Hg/c1-16-14-9-5-3-7-12(14)15-10-11-6-2-4-8-13(11)17-15;;/h2-9H,1H3;1H;/q;;+1/p-1. The molecule has 2 nitrogen and oxygen atoms in total. The average molecular weight is 459 g/mol. The van der Waals surface area contributed by atoms with Crippen LogP contribution in [0, 0.1) is 0 Å². The molecule has 0 spiro atoms. The van der Waals surface area contributed by atoms with Gasteiger partial charge in [-0.3, -0.25) is 0 Å². The van der Waals surface area contributed by atoms with Gasteiger partial charge >= 0.3 is 127 Å². The van der Waals surface area contributed by atoms with Gasteiger partial charge in [-0.25, -0.2) is 0 Å². The van der Waals surface area contributed by atoms with Gasteiger partial charge in [-0.15, -0.1) is 0 Å². The summed E-state index contributed by atoms with van der Waals surface area (Å²) in [4.78, 5) is 0. The van der Waals surface area contributed by atoms with Gasteiger partial charge in [-0.2, -0.15) is 0 Å². The van der Waals surface area contributed by atoms with Crippen LogP contribution in [0.15, 0.2) is 52.9 Å². The molecule has 0 saturated carbocycles. The molecule has 0 radical (unpaired) electrons. The van der Waals surface area contributed by atoms with Crippen molar-refractivity contribution in [1.82, 2.24) is 0 Å². The van der Waals surface area contributed by atoms with Crippen LogP contribution in [0.5, 0.6) is 5.75 Å². The van der Waals surface area contributed by atoms with Crippen LogP contribution >= 0.6 is 8.25 Å². The van der Waals surface area contributed by atoms with E-state index in [2.05, 4.69) is 6.07 Å². The quantitative estimate of drug-likeness (QED) is 0.554. The summed E-state index contributed by atoms with van der Waals surface area (Å²) < 4.78 is 12.7. The van der Waals surface area contributed by atoms with Gasteiger partial charge in [-0.05, 0) is 0 Å². The van der Waals surface area contributed by atoms with E-state index in [-0.39, 0.29) is 0 Å². The van der Waals surface area contributed by atoms with Crippen LogP contribution < -0.4 is 7.81 Å². The molecule has 19 heavy (non-hydrogen) atoms. The molecule has 1 heterocycles. The molecule has 0 amide bonds. The maximum absolute atomic E-state index is 6.32. The van der Waals surface area contributed by atoms with Crippen LogP contribution in [0.2, 0.25) is 0 Å². The summed E-state index contributed by atoms with van der Waals surface area (Å²) >= 11 is -1.62. The van der Waals surface area contributed by atoms with Gasteiger partial charge in [0.05, 0.1) is 0 Å². The SMILES string of the molecule is COc1ccccc1-c1oc2ccccc2[c]1[Hg][Cl]. The van der Waals surface area contributed by atoms with Crippen molar-refractivity contribution in [2.45, 2.75) is 0 Å². The first kappa shape index (κ1) is 13.0. The number of benzene rings is 2. The predicted octanol–water partition coefficient (Wildman–Crippen LogP) is 3.97. The third kappa shape index (κ3) is 2.28. The Labute approximate surface area is 127 Å². The minimum absolute atomic E-state index is 0.821. The van der Waals surface area contributed by atoms with E-state index in [4.69, 9.17) is 17.4 Å². The summed E-state index contributed by atoms with van der Waals surface area (Å²) in [6.07, 6.45) is 0. The summed E-state index contributed by atoms with van der Waals surface area (Å²) in [5.41, 5.74) is 1.89. The molecule has 0 N–H and O–H groups in total. The average Bonchev–Trinajstić information content (AvgIpc) is 2.85. The molecular weight excluding hydrogens is 448 g/mol. The van der Waals surface area contributed by atoms with Crippen LogP contribution in [-0.4, -0.2) is 7.11 Å². The van der Waals surface area contributed by atoms with E-state index in [0.29, 0.717) is 0 Å². The predicted molar refractivity (Wildman–Crippen MR) is 73.7 cm³/mol. The normalized spacial score (nSPS) is 10.4. The summed E-state index contributed by atoms with van der Waals surface area (Å²) in [6, 6.07) is 16.0. The van der Waals surface area contributed by atoms with Gasteiger partial charge < -0.3 is 0 Å². The summed E-state index contributed by atoms with van der Waals surface area (Å²) in [7, 11) is 7.99. The molecule has 0 fully saturated rings. The van der Waals surface area contributed by atoms with Crippen molar-refractivity contribution in [1.29, 1.82) is 0 Å². The molecule has 0 unspecified atom stereocenters. The van der Waals surface area contributed by atoms with Crippen molar-refractivity contribution in [3.05, 3.63) is 48.5 Å². The zero-order valence-electron chi connectivity index (χ0n) is 10.5. The van der Waals surface area contributed by atoms with Crippen LogP contribution in [0.1, 0.15) is 0 Å². The van der Waals surface area contributed by atoms with Gasteiger partial charge in [0.25, 0.3) is 0 Å². The summed E-state index contributed by atoms with van der Waals surface area (Å²) in [5.74, 6) is 1.71. The molecule has 3 rings (SSSR count). The molecule has 0 bridgehead atoms. The number of ether oxygens (including phenoxy) is 1. The molecular formula is C15H11ClHgO2. The fourth-order valence-electron chi connectivity index (χ4n) is 2.28. The number of fused-ring (bicyclic) bond motifs is 1. The van der Waals surface area contributed by atoms with E-state index < -0.39 is 23.3 Å². The van der Waals surface area contributed by atoms with E-state index in [0.717, 1.165) is 28.0 Å². The van der Waals surface area contributed by atoms with E-state index in [9.17, 15) is 0 Å². The second-order valence-corrected chi connectivity index (χ2v) is 10.4. The topological polar surface area (TPSA) is 22.4 Å². The van der Waals surface area contributed by atoms with Crippen molar-refractivity contribution < 1.29 is 32.5 Å². The molecule has 92 valence electrons. The number of halogens is 1. The molecule has 2 aromatic carbocycles. The second kappa shape index (κ2) is 5.55. The molecule has 0 aliphatic carbocycles. The molecule has 0 aliphatic rings. The molecule has 0 saturated heterocycles. The third-order valence-corrected chi connectivity index (χ3v) is 9.30. The Morgan fingerprint density at radius 3 is 2.58 bits per heavy atom. The van der Waals surface area contributed by atoms with E-state index >= 15 is 0 Å². The van der Waals surface area contributed by atoms with Gasteiger partial charge in [0.1, 0.15) is 0 Å². The zero-order valence-corrected chi connectivity index (χ0v) is 16.8. The number of para-hydroxylation sites is 2. The Balaban J connectivity index is 2.30. The summed E-state index contributed by atoms with van der Waals surface area (Å²) in [5, 5.41) is 1.15. The zero-order chi connectivity index (χ0) is 13.2. The Morgan fingerprint density at radius 2 is 1.79 bits per heavy atom. The number of rotatable bonds is 3. The molecule has 0 atom stereocenters. The van der Waals surface area contributed by atoms with Crippen LogP contribution in [0.3, 0.4) is 0 Å². The fourth-order valence-corrected chi connectivity index (χ4v) is 7.80. The first-order valence-corrected chi connectivity index (χ1v) is 15.6. The van der Waals surface area contributed by atoms with Gasteiger partial charge in [0.15, 0.2) is 0 Å². The first-order valence-electron chi connectivity index (χ1n) is 6.05. The molecule has 3 aromatic rings. The number of furan rings is 1. The fraction of sp³-hybridized carbons (Fsp3) is 0.0667. The Kier molecular flexibility index (Phi) is 3.80. The summed E-state index contributed by atoms with van der Waals surface area (Å²) in [6.45, 7) is 0. The van der Waals surface area contributed by atoms with Crippen molar-refractivity contribution in [3.8, 4) is 17.1 Å². The van der Waals surface area contributed by atoms with Gasteiger partial charge in [0, 0.05) is 0 Å². The first-order chi connectivity index (χ1) is 9.35. The van der Waals surface area contributed by atoms with Crippen molar-refractivity contribution in [3.63, 3.8) is 0 Å². The van der Waals surface area contributed by atoms with Crippen LogP contribution in [-0.2, 0) is 23.3 Å². The van der Waals surface area contributed by atoms with Crippen LogP contribution in [0.4, 0.5) is 0 Å². The Hall–Kier alpha value is -0.995. The van der Waals surface area contributed by atoms with Gasteiger partial charge in [-0.1, -0.05) is 0 Å². The van der Waals surface area contributed by atoms with E-state index in [1.807, 2.05) is 42.5 Å². The molecule has 4 heteroatoms. The minimum atomic E-state index is -1.62. The van der Waals surface area contributed by atoms with E-state index in [1.165, 1.54) is 3.07 Å². The van der Waals surface area contributed by atoms with Crippen molar-refractivity contribution >= 4 is 22.3 Å². The Morgan fingerprint density at radius 1 is 1.05 bits per heavy atom. The van der Waals surface area contributed by atoms with Crippen molar-refractivity contribution in [2.75, 3.05) is 7.11 Å². The molecule has 0 aliphatic heterocycles. The second-order valence-electron chi connectivity index (χ2n) is 4.24. The Bertz CT molecular complexity index is 721. The van der Waals surface area contributed by atoms with Crippen LogP contribution in [0.25, 0.3) is 22.3 Å². The monoisotopic (exact) mass is 460 g/mol. The molecule has 1 aromatic heterocycles. The number of hydrogen-bond acceptors (Lipinski definition) is 2. The maximum atomic E-state index is 6.32.